The second-order valence-electron chi connectivity index (χ2n) is 3.64. The van der Waals surface area contributed by atoms with Crippen molar-refractivity contribution in [3.8, 4) is 17.0 Å². The first-order valence-corrected chi connectivity index (χ1v) is 5.76. The van der Waals surface area contributed by atoms with Crippen LogP contribution in [0.1, 0.15) is 0 Å². The number of halogens is 3. The number of anilines is 1. The van der Waals surface area contributed by atoms with Crippen LogP contribution in [0.2, 0.25) is 0 Å². The monoisotopic (exact) mass is 317 g/mol. The Morgan fingerprint density at radius 2 is 2.06 bits per heavy atom. The molecule has 0 aliphatic rings. The Hall–Kier alpha value is -1.63. The minimum Gasteiger partial charge on any atom is -0.493 e. The maximum absolute atomic E-state index is 14.1. The standard InChI is InChI=1S/C11H10BrF2N3O/c1-17-8(15)4-7(16-17)9-10(14)5(12)3-6(13)11(9)18-2/h3-4H,15H2,1-2H3. The van der Waals surface area contributed by atoms with Gasteiger partial charge in [-0.15, -0.1) is 0 Å². The molecule has 0 bridgehead atoms. The van der Waals surface area contributed by atoms with E-state index in [0.29, 0.717) is 5.82 Å². The maximum Gasteiger partial charge on any atom is 0.167 e. The summed E-state index contributed by atoms with van der Waals surface area (Å²) in [6, 6.07) is 2.46. The Kier molecular flexibility index (Phi) is 3.25. The van der Waals surface area contributed by atoms with Crippen molar-refractivity contribution in [2.24, 2.45) is 7.05 Å². The van der Waals surface area contributed by atoms with Gasteiger partial charge in [0.2, 0.25) is 0 Å². The number of nitrogens with two attached hydrogens (primary N) is 1. The van der Waals surface area contributed by atoms with Crippen molar-refractivity contribution in [3.05, 3.63) is 28.2 Å². The fraction of sp³-hybridized carbons (Fsp3) is 0.182. The van der Waals surface area contributed by atoms with Gasteiger partial charge in [-0.1, -0.05) is 0 Å². The lowest BCUT2D eigenvalue weighted by atomic mass is 10.1. The van der Waals surface area contributed by atoms with Gasteiger partial charge in [0.05, 0.1) is 17.1 Å². The van der Waals surface area contributed by atoms with Crippen LogP contribution in [0.3, 0.4) is 0 Å². The number of benzene rings is 1. The molecule has 2 rings (SSSR count). The summed E-state index contributed by atoms with van der Waals surface area (Å²) in [5, 5.41) is 4.02. The summed E-state index contributed by atoms with van der Waals surface area (Å²) in [6.07, 6.45) is 0. The molecule has 0 saturated heterocycles. The SMILES string of the molecule is COc1c(F)cc(Br)c(F)c1-c1cc(N)n(C)n1. The van der Waals surface area contributed by atoms with Crippen molar-refractivity contribution in [2.45, 2.75) is 0 Å². The number of nitrogen functional groups attached to an aromatic ring is 1. The minimum atomic E-state index is -0.676. The molecule has 96 valence electrons. The Bertz CT molecular complexity index is 593. The van der Waals surface area contributed by atoms with Crippen LogP contribution in [0, 0.1) is 11.6 Å². The van der Waals surface area contributed by atoms with Gasteiger partial charge in [0.15, 0.2) is 17.4 Å². The van der Waals surface area contributed by atoms with E-state index in [0.717, 1.165) is 6.07 Å². The lowest BCUT2D eigenvalue weighted by Gasteiger charge is -2.09. The molecule has 0 radical (unpaired) electrons. The van der Waals surface area contributed by atoms with E-state index in [1.165, 1.54) is 17.9 Å². The molecule has 0 saturated carbocycles. The highest BCUT2D eigenvalue weighted by Gasteiger charge is 2.22. The third-order valence-corrected chi connectivity index (χ3v) is 3.08. The van der Waals surface area contributed by atoms with Gasteiger partial charge < -0.3 is 10.5 Å². The number of hydrogen-bond acceptors (Lipinski definition) is 3. The van der Waals surface area contributed by atoms with Gasteiger partial charge in [0.25, 0.3) is 0 Å². The number of hydrogen-bond donors (Lipinski definition) is 1. The number of nitrogens with zero attached hydrogens (tertiary/aromatic N) is 2. The molecule has 0 amide bonds. The highest BCUT2D eigenvalue weighted by molar-refractivity contribution is 9.10. The molecule has 2 aromatic rings. The van der Waals surface area contributed by atoms with Crippen molar-refractivity contribution in [3.63, 3.8) is 0 Å². The first-order valence-electron chi connectivity index (χ1n) is 4.97. The predicted molar refractivity (Wildman–Crippen MR) is 67.2 cm³/mol. The summed E-state index contributed by atoms with van der Waals surface area (Å²) in [4.78, 5) is 0. The van der Waals surface area contributed by atoms with Crippen molar-refractivity contribution >= 4 is 21.7 Å². The smallest absolute Gasteiger partial charge is 0.167 e. The van der Waals surface area contributed by atoms with E-state index in [1.54, 1.807) is 7.05 Å². The van der Waals surface area contributed by atoms with Crippen LogP contribution in [0.5, 0.6) is 5.75 Å². The summed E-state index contributed by atoms with van der Waals surface area (Å²) in [7, 11) is 2.87. The van der Waals surface area contributed by atoms with Crippen molar-refractivity contribution < 1.29 is 13.5 Å². The van der Waals surface area contributed by atoms with Crippen molar-refractivity contribution in [2.75, 3.05) is 12.8 Å². The summed E-state index contributed by atoms with van der Waals surface area (Å²) < 4.78 is 34.0. The number of aromatic nitrogens is 2. The number of rotatable bonds is 2. The zero-order chi connectivity index (χ0) is 13.4. The third-order valence-electron chi connectivity index (χ3n) is 2.50. The molecular formula is C11H10BrF2N3O. The second-order valence-corrected chi connectivity index (χ2v) is 4.49. The molecule has 0 unspecified atom stereocenters. The quantitative estimate of drug-likeness (QED) is 0.866. The van der Waals surface area contributed by atoms with Crippen LogP contribution in [0.25, 0.3) is 11.3 Å². The zero-order valence-electron chi connectivity index (χ0n) is 9.67. The molecule has 7 heteroatoms. The van der Waals surface area contributed by atoms with Crippen LogP contribution in [-0.4, -0.2) is 16.9 Å². The van der Waals surface area contributed by atoms with Crippen molar-refractivity contribution in [1.82, 2.24) is 9.78 Å². The van der Waals surface area contributed by atoms with Crippen LogP contribution < -0.4 is 10.5 Å². The average molecular weight is 318 g/mol. The maximum atomic E-state index is 14.1. The fourth-order valence-corrected chi connectivity index (χ4v) is 2.01. The van der Waals surface area contributed by atoms with E-state index in [9.17, 15) is 8.78 Å². The summed E-state index contributed by atoms with van der Waals surface area (Å²) in [6.45, 7) is 0. The summed E-state index contributed by atoms with van der Waals surface area (Å²) in [5.74, 6) is -1.18. The van der Waals surface area contributed by atoms with Gasteiger partial charge >= 0.3 is 0 Å². The van der Waals surface area contributed by atoms with Gasteiger partial charge in [-0.05, 0) is 22.0 Å². The lowest BCUT2D eigenvalue weighted by molar-refractivity contribution is 0.384. The molecule has 2 N–H and O–H groups in total. The normalized spacial score (nSPS) is 10.7. The summed E-state index contributed by atoms with van der Waals surface area (Å²) in [5.41, 5.74) is 5.78. The molecule has 0 atom stereocenters. The molecule has 1 aromatic heterocycles. The Balaban J connectivity index is 2.76. The van der Waals surface area contributed by atoms with E-state index < -0.39 is 11.6 Å². The zero-order valence-corrected chi connectivity index (χ0v) is 11.3. The molecule has 0 fully saturated rings. The van der Waals surface area contributed by atoms with Crippen LogP contribution in [-0.2, 0) is 7.05 Å². The molecular weight excluding hydrogens is 308 g/mol. The van der Waals surface area contributed by atoms with Gasteiger partial charge in [0, 0.05) is 13.1 Å². The highest BCUT2D eigenvalue weighted by Crippen LogP contribution is 2.38. The topological polar surface area (TPSA) is 53.1 Å². The second kappa shape index (κ2) is 4.56. The molecule has 0 spiro atoms. The predicted octanol–water partition coefficient (Wildman–Crippen LogP) is 2.72. The van der Waals surface area contributed by atoms with Gasteiger partial charge in [-0.2, -0.15) is 5.10 Å². The third kappa shape index (κ3) is 1.94. The molecule has 0 aliphatic heterocycles. The Morgan fingerprint density at radius 1 is 1.39 bits per heavy atom. The molecule has 4 nitrogen and oxygen atoms in total. The fourth-order valence-electron chi connectivity index (χ4n) is 1.61. The van der Waals surface area contributed by atoms with E-state index >= 15 is 0 Å². The van der Waals surface area contributed by atoms with Gasteiger partial charge in [-0.25, -0.2) is 8.78 Å². The number of ether oxygens (including phenoxy) is 1. The number of aryl methyl sites for hydroxylation is 1. The van der Waals surface area contributed by atoms with Gasteiger partial charge in [0.1, 0.15) is 11.5 Å². The van der Waals surface area contributed by atoms with E-state index in [-0.39, 0.29) is 21.5 Å². The van der Waals surface area contributed by atoms with Crippen LogP contribution in [0.15, 0.2) is 16.6 Å². The highest BCUT2D eigenvalue weighted by atomic mass is 79.9. The Morgan fingerprint density at radius 3 is 2.56 bits per heavy atom. The largest absolute Gasteiger partial charge is 0.493 e. The van der Waals surface area contributed by atoms with E-state index in [1.807, 2.05) is 0 Å². The summed E-state index contributed by atoms with van der Waals surface area (Å²) >= 11 is 2.95. The van der Waals surface area contributed by atoms with Crippen LogP contribution >= 0.6 is 15.9 Å². The molecule has 1 aromatic carbocycles. The molecule has 18 heavy (non-hydrogen) atoms. The average Bonchev–Trinajstić information content (AvgIpc) is 2.63. The molecule has 0 aliphatic carbocycles. The van der Waals surface area contributed by atoms with Gasteiger partial charge in [-0.3, -0.25) is 4.68 Å². The minimum absolute atomic E-state index is 0.0000227. The molecule has 1 heterocycles. The van der Waals surface area contributed by atoms with E-state index in [2.05, 4.69) is 21.0 Å². The van der Waals surface area contributed by atoms with E-state index in [4.69, 9.17) is 10.5 Å². The number of methoxy groups -OCH3 is 1. The first kappa shape index (κ1) is 12.8. The Labute approximate surface area is 110 Å². The van der Waals surface area contributed by atoms with Crippen molar-refractivity contribution in [1.29, 1.82) is 0 Å². The lowest BCUT2D eigenvalue weighted by Crippen LogP contribution is -1.99. The first-order chi connectivity index (χ1) is 8.45. The van der Waals surface area contributed by atoms with Crippen LogP contribution in [0.4, 0.5) is 14.6 Å².